The first kappa shape index (κ1) is 10.0. The number of anilines is 1. The lowest BCUT2D eigenvalue weighted by Gasteiger charge is -2.33. The number of pyridine rings is 1. The zero-order chi connectivity index (χ0) is 10.7. The van der Waals surface area contributed by atoms with Crippen LogP contribution in [0.2, 0.25) is 0 Å². The molecule has 0 radical (unpaired) electrons. The van der Waals surface area contributed by atoms with E-state index in [9.17, 15) is 4.91 Å². The number of nitrogens with zero attached hydrogens (tertiary/aromatic N) is 4. The summed E-state index contributed by atoms with van der Waals surface area (Å²) < 4.78 is 0. The summed E-state index contributed by atoms with van der Waals surface area (Å²) in [6.07, 6.45) is 1.71. The van der Waals surface area contributed by atoms with Crippen LogP contribution in [0.4, 0.5) is 11.5 Å². The highest BCUT2D eigenvalue weighted by Crippen LogP contribution is 2.17. The van der Waals surface area contributed by atoms with E-state index in [-0.39, 0.29) is 5.82 Å². The summed E-state index contributed by atoms with van der Waals surface area (Å²) in [4.78, 5) is 18.7. The predicted octanol–water partition coefficient (Wildman–Crippen LogP) is 1.23. The summed E-state index contributed by atoms with van der Waals surface area (Å²) in [7, 11) is 2.12. The average Bonchev–Trinajstić information content (AvgIpc) is 2.30. The number of nitroso groups, excluding NO2 is 1. The molecule has 5 nitrogen and oxygen atoms in total. The number of likely N-dealkylation sites (N-methyl/N-ethyl adjacent to an activating group) is 1. The number of aromatic nitrogens is 1. The minimum atomic E-state index is 0.243. The molecule has 0 aromatic carbocycles. The molecule has 1 aliphatic heterocycles. The van der Waals surface area contributed by atoms with E-state index < -0.39 is 0 Å². The Labute approximate surface area is 88.7 Å². The van der Waals surface area contributed by atoms with E-state index >= 15 is 0 Å². The summed E-state index contributed by atoms with van der Waals surface area (Å²) in [5, 5.41) is 2.78. The van der Waals surface area contributed by atoms with Gasteiger partial charge in [0.1, 0.15) is 0 Å². The van der Waals surface area contributed by atoms with E-state index in [1.165, 1.54) is 0 Å². The van der Waals surface area contributed by atoms with Gasteiger partial charge in [-0.15, -0.1) is 4.91 Å². The van der Waals surface area contributed by atoms with Crippen molar-refractivity contribution < 1.29 is 0 Å². The topological polar surface area (TPSA) is 48.8 Å². The molecule has 80 valence electrons. The van der Waals surface area contributed by atoms with Gasteiger partial charge in [-0.25, -0.2) is 4.98 Å². The van der Waals surface area contributed by atoms with Crippen molar-refractivity contribution in [2.24, 2.45) is 5.18 Å². The van der Waals surface area contributed by atoms with Crippen molar-refractivity contribution >= 4 is 11.5 Å². The van der Waals surface area contributed by atoms with Gasteiger partial charge in [-0.05, 0) is 24.4 Å². The molecule has 15 heavy (non-hydrogen) atoms. The van der Waals surface area contributed by atoms with Crippen LogP contribution in [0.3, 0.4) is 0 Å². The lowest BCUT2D eigenvalue weighted by Crippen LogP contribution is -2.44. The molecule has 1 fully saturated rings. The van der Waals surface area contributed by atoms with Gasteiger partial charge >= 0.3 is 0 Å². The molecular formula is C10H14N4O. The molecule has 2 rings (SSSR count). The van der Waals surface area contributed by atoms with Crippen LogP contribution >= 0.6 is 0 Å². The molecule has 2 heterocycles. The fraction of sp³-hybridized carbons (Fsp3) is 0.500. The van der Waals surface area contributed by atoms with Crippen LogP contribution in [0.5, 0.6) is 0 Å². The van der Waals surface area contributed by atoms with Crippen LogP contribution in [-0.4, -0.2) is 43.1 Å². The number of piperazine rings is 1. The molecule has 1 saturated heterocycles. The highest BCUT2D eigenvalue weighted by molar-refractivity contribution is 5.48. The minimum absolute atomic E-state index is 0.243. The second-order valence-corrected chi connectivity index (χ2v) is 3.76. The van der Waals surface area contributed by atoms with Crippen LogP contribution in [0.1, 0.15) is 0 Å². The van der Waals surface area contributed by atoms with Crippen molar-refractivity contribution in [2.45, 2.75) is 0 Å². The van der Waals surface area contributed by atoms with Gasteiger partial charge in [0.2, 0.25) is 0 Å². The molecule has 0 atom stereocenters. The van der Waals surface area contributed by atoms with Crippen LogP contribution in [0.15, 0.2) is 23.5 Å². The minimum Gasteiger partial charge on any atom is -0.368 e. The third kappa shape index (κ3) is 2.30. The molecule has 1 aromatic rings. The SMILES string of the molecule is CN1CCN(c2ccc(N=O)nc2)CC1. The molecule has 0 aliphatic carbocycles. The highest BCUT2D eigenvalue weighted by atomic mass is 16.3. The van der Waals surface area contributed by atoms with Crippen molar-refractivity contribution in [1.29, 1.82) is 0 Å². The van der Waals surface area contributed by atoms with E-state index in [1.54, 1.807) is 12.3 Å². The summed E-state index contributed by atoms with van der Waals surface area (Å²) in [5.41, 5.74) is 1.07. The van der Waals surface area contributed by atoms with Crippen LogP contribution in [-0.2, 0) is 0 Å². The lowest BCUT2D eigenvalue weighted by molar-refractivity contribution is 0.313. The maximum absolute atomic E-state index is 10.2. The zero-order valence-electron chi connectivity index (χ0n) is 8.76. The Morgan fingerprint density at radius 1 is 1.27 bits per heavy atom. The van der Waals surface area contributed by atoms with Gasteiger partial charge in [-0.3, -0.25) is 0 Å². The Morgan fingerprint density at radius 2 is 2.00 bits per heavy atom. The largest absolute Gasteiger partial charge is 0.368 e. The Balaban J connectivity index is 2.06. The quantitative estimate of drug-likeness (QED) is 0.683. The van der Waals surface area contributed by atoms with Crippen molar-refractivity contribution in [3.05, 3.63) is 23.2 Å². The van der Waals surface area contributed by atoms with Crippen LogP contribution < -0.4 is 4.90 Å². The second-order valence-electron chi connectivity index (χ2n) is 3.76. The van der Waals surface area contributed by atoms with Gasteiger partial charge in [-0.2, -0.15) is 0 Å². The van der Waals surface area contributed by atoms with Crippen LogP contribution in [0, 0.1) is 4.91 Å². The Morgan fingerprint density at radius 3 is 2.53 bits per heavy atom. The smallest absolute Gasteiger partial charge is 0.196 e. The molecule has 0 unspecified atom stereocenters. The van der Waals surface area contributed by atoms with Gasteiger partial charge in [-0.1, -0.05) is 0 Å². The summed E-state index contributed by atoms with van der Waals surface area (Å²) in [6, 6.07) is 3.55. The van der Waals surface area contributed by atoms with E-state index in [1.807, 2.05) is 6.07 Å². The van der Waals surface area contributed by atoms with Gasteiger partial charge in [0.15, 0.2) is 5.82 Å². The molecule has 0 amide bonds. The van der Waals surface area contributed by atoms with Crippen molar-refractivity contribution in [3.63, 3.8) is 0 Å². The third-order valence-electron chi connectivity index (χ3n) is 2.69. The molecule has 0 spiro atoms. The molecule has 1 aromatic heterocycles. The molecule has 0 N–H and O–H groups in total. The van der Waals surface area contributed by atoms with Crippen LogP contribution in [0.25, 0.3) is 0 Å². The number of hydrogen-bond acceptors (Lipinski definition) is 5. The fourth-order valence-electron chi connectivity index (χ4n) is 1.68. The Bertz CT molecular complexity index is 330. The van der Waals surface area contributed by atoms with Gasteiger partial charge in [0.25, 0.3) is 0 Å². The highest BCUT2D eigenvalue weighted by Gasteiger charge is 2.14. The molecule has 1 aliphatic rings. The first-order valence-electron chi connectivity index (χ1n) is 5.02. The maximum atomic E-state index is 10.2. The standard InChI is InChI=1S/C10H14N4O/c1-13-4-6-14(7-5-13)9-2-3-10(12-15)11-8-9/h2-3,8H,4-7H2,1H3. The summed E-state index contributed by atoms with van der Waals surface area (Å²) in [5.74, 6) is 0.243. The lowest BCUT2D eigenvalue weighted by atomic mass is 10.3. The van der Waals surface area contributed by atoms with Gasteiger partial charge in [0, 0.05) is 26.2 Å². The van der Waals surface area contributed by atoms with E-state index in [2.05, 4.69) is 27.0 Å². The number of rotatable bonds is 2. The van der Waals surface area contributed by atoms with E-state index in [4.69, 9.17) is 0 Å². The molecule has 5 heteroatoms. The number of hydrogen-bond donors (Lipinski definition) is 0. The zero-order valence-corrected chi connectivity index (χ0v) is 8.76. The average molecular weight is 206 g/mol. The molecule has 0 saturated carbocycles. The summed E-state index contributed by atoms with van der Waals surface area (Å²) in [6.45, 7) is 4.14. The van der Waals surface area contributed by atoms with Crippen molar-refractivity contribution in [3.8, 4) is 0 Å². The first-order valence-corrected chi connectivity index (χ1v) is 5.02. The Kier molecular flexibility index (Phi) is 2.91. The van der Waals surface area contributed by atoms with E-state index in [0.29, 0.717) is 0 Å². The van der Waals surface area contributed by atoms with Gasteiger partial charge in [0.05, 0.1) is 11.9 Å². The van der Waals surface area contributed by atoms with E-state index in [0.717, 1.165) is 31.9 Å². The third-order valence-corrected chi connectivity index (χ3v) is 2.69. The predicted molar refractivity (Wildman–Crippen MR) is 59.4 cm³/mol. The first-order chi connectivity index (χ1) is 7.29. The molecule has 0 bridgehead atoms. The molecular weight excluding hydrogens is 192 g/mol. The normalized spacial score (nSPS) is 17.8. The monoisotopic (exact) mass is 206 g/mol. The fourth-order valence-corrected chi connectivity index (χ4v) is 1.68. The summed E-state index contributed by atoms with van der Waals surface area (Å²) >= 11 is 0. The van der Waals surface area contributed by atoms with Crippen molar-refractivity contribution in [1.82, 2.24) is 9.88 Å². The van der Waals surface area contributed by atoms with Gasteiger partial charge < -0.3 is 9.80 Å². The Hall–Kier alpha value is -1.49. The second kappa shape index (κ2) is 4.35. The maximum Gasteiger partial charge on any atom is 0.196 e. The van der Waals surface area contributed by atoms with Crippen molar-refractivity contribution in [2.75, 3.05) is 38.1 Å².